The Morgan fingerprint density at radius 1 is 0.895 bits per heavy atom. The molecule has 6 heteroatoms. The molecule has 1 aliphatic carbocycles. The van der Waals surface area contributed by atoms with Crippen molar-refractivity contribution in [1.82, 2.24) is 15.6 Å². The maximum Gasteiger partial charge on any atom is 0.251 e. The first-order valence-corrected chi connectivity index (χ1v) is 15.1. The van der Waals surface area contributed by atoms with E-state index in [-0.39, 0.29) is 17.7 Å². The molecule has 0 unspecified atom stereocenters. The summed E-state index contributed by atoms with van der Waals surface area (Å²) in [4.78, 5) is 30.3. The monoisotopic (exact) mass is 531 g/mol. The fraction of sp³-hybridized carbons (Fsp3) is 0.469. The Morgan fingerprint density at radius 3 is 2.29 bits per heavy atom. The van der Waals surface area contributed by atoms with Crippen LogP contribution in [-0.2, 0) is 17.6 Å². The lowest BCUT2D eigenvalue weighted by Gasteiger charge is -2.13. The third kappa shape index (κ3) is 8.00. The molecule has 1 heterocycles. The molecule has 1 aromatic heterocycles. The maximum absolute atomic E-state index is 12.4. The van der Waals surface area contributed by atoms with Gasteiger partial charge in [-0.3, -0.25) is 9.59 Å². The fourth-order valence-corrected chi connectivity index (χ4v) is 6.02. The number of thiazole rings is 1. The second kappa shape index (κ2) is 14.2. The van der Waals surface area contributed by atoms with Crippen molar-refractivity contribution in [3.63, 3.8) is 0 Å². The van der Waals surface area contributed by atoms with Crippen LogP contribution >= 0.6 is 11.3 Å². The molecule has 2 amide bonds. The first-order valence-electron chi connectivity index (χ1n) is 14.2. The zero-order valence-corrected chi connectivity index (χ0v) is 23.7. The van der Waals surface area contributed by atoms with E-state index in [0.717, 1.165) is 75.7 Å². The average molecular weight is 532 g/mol. The molecule has 2 N–H and O–H groups in total. The molecule has 0 spiro atoms. The Bertz CT molecular complexity index is 1200. The van der Waals surface area contributed by atoms with Crippen LogP contribution in [0.25, 0.3) is 10.4 Å². The zero-order chi connectivity index (χ0) is 26.7. The lowest BCUT2D eigenvalue weighted by molar-refractivity contribution is -0.121. The third-order valence-electron chi connectivity index (χ3n) is 7.55. The third-order valence-corrected chi connectivity index (χ3v) is 8.53. The quantitative estimate of drug-likeness (QED) is 0.220. The highest BCUT2D eigenvalue weighted by molar-refractivity contribution is 7.13. The lowest BCUT2D eigenvalue weighted by Crippen LogP contribution is -2.25. The molecule has 2 aromatic carbocycles. The van der Waals surface area contributed by atoms with Gasteiger partial charge in [0.05, 0.1) is 16.1 Å². The van der Waals surface area contributed by atoms with Crippen molar-refractivity contribution in [2.75, 3.05) is 13.1 Å². The van der Waals surface area contributed by atoms with Crippen molar-refractivity contribution >= 4 is 23.2 Å². The summed E-state index contributed by atoms with van der Waals surface area (Å²) in [7, 11) is 0. The molecule has 0 saturated carbocycles. The molecule has 0 aliphatic heterocycles. The van der Waals surface area contributed by atoms with Crippen LogP contribution < -0.4 is 10.6 Å². The van der Waals surface area contributed by atoms with E-state index in [9.17, 15) is 9.59 Å². The Balaban J connectivity index is 1.01. The van der Waals surface area contributed by atoms with E-state index in [0.29, 0.717) is 6.42 Å². The first kappa shape index (κ1) is 28.0. The van der Waals surface area contributed by atoms with E-state index >= 15 is 0 Å². The van der Waals surface area contributed by atoms with Gasteiger partial charge in [-0.05, 0) is 79.3 Å². The number of hydrogen-bond donors (Lipinski definition) is 2. The van der Waals surface area contributed by atoms with Gasteiger partial charge >= 0.3 is 0 Å². The molecule has 1 atom stereocenters. The minimum absolute atomic E-state index is 0.0489. The van der Waals surface area contributed by atoms with E-state index in [1.807, 2.05) is 18.5 Å². The van der Waals surface area contributed by atoms with Crippen LogP contribution in [0.15, 0.2) is 48.0 Å². The topological polar surface area (TPSA) is 71.1 Å². The average Bonchev–Trinajstić information content (AvgIpc) is 3.58. The molecule has 38 heavy (non-hydrogen) atoms. The number of rotatable bonds is 14. The summed E-state index contributed by atoms with van der Waals surface area (Å²) in [6, 6.07) is 14.7. The second-order valence-electron chi connectivity index (χ2n) is 10.6. The number of nitrogens with zero attached hydrogens (tertiary/aromatic N) is 1. The summed E-state index contributed by atoms with van der Waals surface area (Å²) in [5.74, 6) is 0.363. The van der Waals surface area contributed by atoms with Crippen molar-refractivity contribution in [3.8, 4) is 10.4 Å². The molecule has 0 fully saturated rings. The number of carbonyl (C=O) groups is 2. The Hall–Kier alpha value is -2.99. The van der Waals surface area contributed by atoms with Gasteiger partial charge in [0, 0.05) is 25.1 Å². The predicted octanol–water partition coefficient (Wildman–Crippen LogP) is 6.99. The van der Waals surface area contributed by atoms with Crippen LogP contribution in [-0.4, -0.2) is 29.9 Å². The summed E-state index contributed by atoms with van der Waals surface area (Å²) in [6.07, 6.45) is 10.6. The predicted molar refractivity (Wildman–Crippen MR) is 157 cm³/mol. The molecular formula is C32H41N3O2S. The van der Waals surface area contributed by atoms with Crippen LogP contribution in [0.4, 0.5) is 0 Å². The van der Waals surface area contributed by atoms with E-state index in [1.54, 1.807) is 11.3 Å². The number of nitrogens with one attached hydrogen (secondary N) is 2. The summed E-state index contributed by atoms with van der Waals surface area (Å²) in [6.45, 7) is 5.62. The first-order chi connectivity index (χ1) is 18.5. The van der Waals surface area contributed by atoms with E-state index < -0.39 is 0 Å². The van der Waals surface area contributed by atoms with Gasteiger partial charge in [0.15, 0.2) is 0 Å². The highest BCUT2D eigenvalue weighted by Gasteiger charge is 2.14. The smallest absolute Gasteiger partial charge is 0.251 e. The van der Waals surface area contributed by atoms with E-state index in [2.05, 4.69) is 58.9 Å². The number of aryl methyl sites for hydroxylation is 3. The van der Waals surface area contributed by atoms with Crippen LogP contribution in [0.2, 0.25) is 0 Å². The van der Waals surface area contributed by atoms with Gasteiger partial charge in [0.1, 0.15) is 0 Å². The molecule has 202 valence electrons. The highest BCUT2D eigenvalue weighted by atomic mass is 32.1. The van der Waals surface area contributed by atoms with Gasteiger partial charge < -0.3 is 10.6 Å². The van der Waals surface area contributed by atoms with Crippen LogP contribution in [0, 0.1) is 6.92 Å². The standard InChI is InChI=1S/C32H41N3O2S/c1-23(25-12-15-27(16-13-25)31-24(2)35-22-38-31)20-30(36)33-18-7-5-3-4-6-8-19-34-32(37)29-17-14-26-10-9-11-28(26)21-29/h12-17,21-23H,3-11,18-20H2,1-2H3,(H,33,36)(H,34,37)/t23-/m0/s1. The molecular weight excluding hydrogens is 490 g/mol. The van der Waals surface area contributed by atoms with Gasteiger partial charge in [0.2, 0.25) is 5.91 Å². The number of unbranched alkanes of at least 4 members (excludes halogenated alkanes) is 5. The summed E-state index contributed by atoms with van der Waals surface area (Å²) in [5, 5.41) is 6.15. The number of aromatic nitrogens is 1. The van der Waals surface area contributed by atoms with Gasteiger partial charge in [-0.15, -0.1) is 11.3 Å². The summed E-state index contributed by atoms with van der Waals surface area (Å²) in [5.41, 5.74) is 8.85. The molecule has 5 nitrogen and oxygen atoms in total. The maximum atomic E-state index is 12.4. The Kier molecular flexibility index (Phi) is 10.5. The zero-order valence-electron chi connectivity index (χ0n) is 22.9. The normalized spacial score (nSPS) is 13.2. The van der Waals surface area contributed by atoms with E-state index in [1.165, 1.54) is 33.6 Å². The van der Waals surface area contributed by atoms with Gasteiger partial charge in [0.25, 0.3) is 5.91 Å². The van der Waals surface area contributed by atoms with Crippen LogP contribution in [0.5, 0.6) is 0 Å². The summed E-state index contributed by atoms with van der Waals surface area (Å²) >= 11 is 1.66. The van der Waals surface area contributed by atoms with Crippen molar-refractivity contribution in [2.24, 2.45) is 0 Å². The van der Waals surface area contributed by atoms with Crippen molar-refractivity contribution in [3.05, 3.63) is 75.9 Å². The Morgan fingerprint density at radius 2 is 1.58 bits per heavy atom. The number of fused-ring (bicyclic) bond motifs is 1. The lowest BCUT2D eigenvalue weighted by atomic mass is 9.96. The van der Waals surface area contributed by atoms with E-state index in [4.69, 9.17) is 0 Å². The largest absolute Gasteiger partial charge is 0.356 e. The van der Waals surface area contributed by atoms with Gasteiger partial charge in [-0.2, -0.15) is 0 Å². The summed E-state index contributed by atoms with van der Waals surface area (Å²) < 4.78 is 0. The molecule has 4 rings (SSSR count). The highest BCUT2D eigenvalue weighted by Crippen LogP contribution is 2.29. The number of amides is 2. The molecule has 3 aromatic rings. The second-order valence-corrected chi connectivity index (χ2v) is 11.4. The minimum Gasteiger partial charge on any atom is -0.356 e. The van der Waals surface area contributed by atoms with Crippen LogP contribution in [0.3, 0.4) is 0 Å². The van der Waals surface area contributed by atoms with Gasteiger partial charge in [-0.25, -0.2) is 4.98 Å². The van der Waals surface area contributed by atoms with Crippen molar-refractivity contribution < 1.29 is 9.59 Å². The number of benzene rings is 2. The number of carbonyl (C=O) groups excluding carboxylic acids is 2. The molecule has 1 aliphatic rings. The molecule has 0 saturated heterocycles. The Labute approximate surface area is 231 Å². The number of hydrogen-bond acceptors (Lipinski definition) is 4. The van der Waals surface area contributed by atoms with Crippen LogP contribution in [0.1, 0.15) is 97.0 Å². The SMILES string of the molecule is Cc1ncsc1-c1ccc([C@@H](C)CC(=O)NCCCCCCCCNC(=O)c2ccc3c(c2)CCC3)cc1. The van der Waals surface area contributed by atoms with Crippen molar-refractivity contribution in [1.29, 1.82) is 0 Å². The molecule has 0 bridgehead atoms. The fourth-order valence-electron chi connectivity index (χ4n) is 5.21. The minimum atomic E-state index is 0.0489. The van der Waals surface area contributed by atoms with Gasteiger partial charge in [-0.1, -0.05) is 62.9 Å². The van der Waals surface area contributed by atoms with Crippen molar-refractivity contribution in [2.45, 2.75) is 84.0 Å². The molecule has 0 radical (unpaired) electrons.